The highest BCUT2D eigenvalue weighted by molar-refractivity contribution is 6.34. The Morgan fingerprint density at radius 1 is 1.50 bits per heavy atom. The minimum atomic E-state index is 0.0528. The fraction of sp³-hybridized carbons (Fsp3) is 0.167. The van der Waals surface area contributed by atoms with Crippen LogP contribution in [0.1, 0.15) is 23.7 Å². The van der Waals surface area contributed by atoms with E-state index in [1.165, 1.54) is 0 Å². The molecule has 0 fully saturated rings. The molecule has 0 amide bonds. The number of nitrogens with zero attached hydrogens (tertiary/aromatic N) is 2. The smallest absolute Gasteiger partial charge is 0.164 e. The van der Waals surface area contributed by atoms with Gasteiger partial charge in [0.25, 0.3) is 0 Å². The van der Waals surface area contributed by atoms with E-state index in [2.05, 4.69) is 5.10 Å². The maximum atomic E-state index is 11.5. The van der Waals surface area contributed by atoms with Crippen molar-refractivity contribution in [1.82, 2.24) is 9.78 Å². The van der Waals surface area contributed by atoms with Gasteiger partial charge in [0.15, 0.2) is 5.78 Å². The first-order valence-corrected chi connectivity index (χ1v) is 5.43. The molecule has 0 aliphatic rings. The lowest BCUT2D eigenvalue weighted by Gasteiger charge is -2.05. The Balaban J connectivity index is 2.41. The van der Waals surface area contributed by atoms with Crippen LogP contribution in [0.4, 0.5) is 0 Å². The molecule has 0 radical (unpaired) electrons. The molecule has 0 spiro atoms. The van der Waals surface area contributed by atoms with E-state index in [0.29, 0.717) is 17.0 Å². The average Bonchev–Trinajstić information content (AvgIpc) is 2.81. The summed E-state index contributed by atoms with van der Waals surface area (Å²) in [5.74, 6) is 0.0528. The molecule has 16 heavy (non-hydrogen) atoms. The third-order valence-corrected chi connectivity index (χ3v) is 2.66. The highest BCUT2D eigenvalue weighted by Crippen LogP contribution is 2.21. The second-order valence-corrected chi connectivity index (χ2v) is 3.80. The van der Waals surface area contributed by atoms with E-state index in [-0.39, 0.29) is 5.78 Å². The van der Waals surface area contributed by atoms with Crippen LogP contribution in [0.5, 0.6) is 0 Å². The van der Waals surface area contributed by atoms with Gasteiger partial charge in [-0.1, -0.05) is 18.5 Å². The van der Waals surface area contributed by atoms with Crippen molar-refractivity contribution in [1.29, 1.82) is 0 Å². The quantitative estimate of drug-likeness (QED) is 0.765. The van der Waals surface area contributed by atoms with Crippen LogP contribution in [0.25, 0.3) is 5.69 Å². The van der Waals surface area contributed by atoms with E-state index < -0.39 is 0 Å². The minimum Gasteiger partial charge on any atom is -0.294 e. The van der Waals surface area contributed by atoms with Crippen LogP contribution in [-0.2, 0) is 0 Å². The van der Waals surface area contributed by atoms with Gasteiger partial charge in [-0.05, 0) is 24.3 Å². The van der Waals surface area contributed by atoms with Crippen molar-refractivity contribution >= 4 is 17.4 Å². The van der Waals surface area contributed by atoms with E-state index in [0.717, 1.165) is 5.69 Å². The second kappa shape index (κ2) is 4.49. The molecule has 4 heteroatoms. The number of hydrogen-bond acceptors (Lipinski definition) is 2. The van der Waals surface area contributed by atoms with Crippen LogP contribution in [0.3, 0.4) is 0 Å². The molecule has 0 saturated carbocycles. The molecule has 0 N–H and O–H groups in total. The van der Waals surface area contributed by atoms with Crippen LogP contribution in [-0.4, -0.2) is 15.6 Å². The third kappa shape index (κ3) is 1.99. The van der Waals surface area contributed by atoms with Crippen molar-refractivity contribution in [2.24, 2.45) is 0 Å². The van der Waals surface area contributed by atoms with Gasteiger partial charge in [-0.15, -0.1) is 0 Å². The first-order valence-electron chi connectivity index (χ1n) is 5.05. The van der Waals surface area contributed by atoms with Gasteiger partial charge in [-0.3, -0.25) is 4.79 Å². The predicted molar refractivity (Wildman–Crippen MR) is 63.2 cm³/mol. The van der Waals surface area contributed by atoms with Crippen molar-refractivity contribution in [2.75, 3.05) is 0 Å². The van der Waals surface area contributed by atoms with Gasteiger partial charge in [0.05, 0.1) is 10.7 Å². The number of aromatic nitrogens is 2. The van der Waals surface area contributed by atoms with E-state index in [1.807, 2.05) is 25.3 Å². The fourth-order valence-electron chi connectivity index (χ4n) is 1.48. The van der Waals surface area contributed by atoms with Crippen molar-refractivity contribution in [2.45, 2.75) is 13.3 Å². The topological polar surface area (TPSA) is 34.9 Å². The lowest BCUT2D eigenvalue weighted by molar-refractivity contribution is 0.0988. The molecule has 0 aliphatic carbocycles. The van der Waals surface area contributed by atoms with Gasteiger partial charge in [0.2, 0.25) is 0 Å². The van der Waals surface area contributed by atoms with Crippen LogP contribution in [0.15, 0.2) is 36.7 Å². The SMILES string of the molecule is CCC(=O)c1ccc(-n2cccn2)cc1Cl. The summed E-state index contributed by atoms with van der Waals surface area (Å²) in [6.07, 6.45) is 3.98. The second-order valence-electron chi connectivity index (χ2n) is 3.39. The van der Waals surface area contributed by atoms with E-state index in [1.54, 1.807) is 23.0 Å². The van der Waals surface area contributed by atoms with Gasteiger partial charge in [-0.2, -0.15) is 5.10 Å². The maximum absolute atomic E-state index is 11.5. The molecule has 0 saturated heterocycles. The zero-order valence-corrected chi connectivity index (χ0v) is 9.61. The van der Waals surface area contributed by atoms with Crippen LogP contribution < -0.4 is 0 Å². The molecule has 0 unspecified atom stereocenters. The van der Waals surface area contributed by atoms with E-state index in [9.17, 15) is 4.79 Å². The number of ketones is 1. The van der Waals surface area contributed by atoms with Crippen LogP contribution in [0.2, 0.25) is 5.02 Å². The summed E-state index contributed by atoms with van der Waals surface area (Å²) in [7, 11) is 0. The van der Waals surface area contributed by atoms with Gasteiger partial charge < -0.3 is 0 Å². The molecular weight excluding hydrogens is 224 g/mol. The summed E-state index contributed by atoms with van der Waals surface area (Å²) in [6.45, 7) is 1.82. The Morgan fingerprint density at radius 2 is 2.31 bits per heavy atom. The number of Topliss-reactive ketones (excluding diaryl/α,β-unsaturated/α-hetero) is 1. The van der Waals surface area contributed by atoms with Gasteiger partial charge in [0.1, 0.15) is 0 Å². The zero-order valence-electron chi connectivity index (χ0n) is 8.85. The molecular formula is C12H11ClN2O. The molecule has 82 valence electrons. The van der Waals surface area contributed by atoms with Crippen LogP contribution >= 0.6 is 11.6 Å². The highest BCUT2D eigenvalue weighted by Gasteiger charge is 2.09. The number of benzene rings is 1. The van der Waals surface area contributed by atoms with Gasteiger partial charge in [-0.25, -0.2) is 4.68 Å². The summed E-state index contributed by atoms with van der Waals surface area (Å²) in [5.41, 5.74) is 1.42. The van der Waals surface area contributed by atoms with Crippen LogP contribution in [0, 0.1) is 0 Å². The van der Waals surface area contributed by atoms with E-state index in [4.69, 9.17) is 11.6 Å². The van der Waals surface area contributed by atoms with E-state index >= 15 is 0 Å². The van der Waals surface area contributed by atoms with Crippen molar-refractivity contribution < 1.29 is 4.79 Å². The molecule has 1 aromatic carbocycles. The van der Waals surface area contributed by atoms with Crippen molar-refractivity contribution in [3.63, 3.8) is 0 Å². The number of hydrogen-bond donors (Lipinski definition) is 0. The predicted octanol–water partition coefficient (Wildman–Crippen LogP) is 3.12. The Kier molecular flexibility index (Phi) is 3.06. The lowest BCUT2D eigenvalue weighted by Crippen LogP contribution is -2.00. The Bertz CT molecular complexity index is 506. The lowest BCUT2D eigenvalue weighted by atomic mass is 10.1. The summed E-state index contributed by atoms with van der Waals surface area (Å²) in [6, 6.07) is 7.16. The third-order valence-electron chi connectivity index (χ3n) is 2.34. The monoisotopic (exact) mass is 234 g/mol. The van der Waals surface area contributed by atoms with Crippen molar-refractivity contribution in [3.05, 3.63) is 47.2 Å². The molecule has 0 atom stereocenters. The summed E-state index contributed by atoms with van der Waals surface area (Å²) < 4.78 is 1.70. The van der Waals surface area contributed by atoms with Gasteiger partial charge >= 0.3 is 0 Å². The number of carbonyl (C=O) groups is 1. The Labute approximate surface area is 98.7 Å². The molecule has 2 rings (SSSR count). The summed E-state index contributed by atoms with van der Waals surface area (Å²) in [4.78, 5) is 11.5. The van der Waals surface area contributed by atoms with Gasteiger partial charge in [0, 0.05) is 24.4 Å². The first-order chi connectivity index (χ1) is 7.72. The zero-order chi connectivity index (χ0) is 11.5. The number of halogens is 1. The molecule has 3 nitrogen and oxygen atoms in total. The molecule has 1 heterocycles. The standard InChI is InChI=1S/C12H11ClN2O/c1-2-12(16)10-5-4-9(8-11(10)13)15-7-3-6-14-15/h3-8H,2H2,1H3. The fourth-order valence-corrected chi connectivity index (χ4v) is 1.76. The molecule has 0 aliphatic heterocycles. The highest BCUT2D eigenvalue weighted by atomic mass is 35.5. The number of rotatable bonds is 3. The minimum absolute atomic E-state index is 0.0528. The average molecular weight is 235 g/mol. The summed E-state index contributed by atoms with van der Waals surface area (Å²) in [5, 5.41) is 4.57. The first kappa shape index (κ1) is 10.9. The molecule has 0 bridgehead atoms. The maximum Gasteiger partial charge on any atom is 0.164 e. The Hall–Kier alpha value is -1.61. The normalized spacial score (nSPS) is 10.4. The molecule has 1 aromatic heterocycles. The number of carbonyl (C=O) groups excluding carboxylic acids is 1. The Morgan fingerprint density at radius 3 is 2.88 bits per heavy atom. The largest absolute Gasteiger partial charge is 0.294 e. The van der Waals surface area contributed by atoms with Crippen molar-refractivity contribution in [3.8, 4) is 5.69 Å². The molecule has 2 aromatic rings. The summed E-state index contributed by atoms with van der Waals surface area (Å²) >= 11 is 6.06.